The van der Waals surface area contributed by atoms with E-state index in [4.69, 9.17) is 0 Å². The van der Waals surface area contributed by atoms with E-state index in [0.29, 0.717) is 16.7 Å². The maximum atomic E-state index is 14.7. The van der Waals surface area contributed by atoms with Gasteiger partial charge in [-0.1, -0.05) is 36.4 Å². The van der Waals surface area contributed by atoms with E-state index in [0.717, 1.165) is 13.2 Å². The summed E-state index contributed by atoms with van der Waals surface area (Å²) in [7, 11) is -3.18. The van der Waals surface area contributed by atoms with Gasteiger partial charge in [0.2, 0.25) is 0 Å². The normalized spacial score (nSPS) is 11.2. The molecule has 156 valence electrons. The Labute approximate surface area is 174 Å². The van der Waals surface area contributed by atoms with Gasteiger partial charge in [0.15, 0.2) is 0 Å². The van der Waals surface area contributed by atoms with E-state index in [9.17, 15) is 22.7 Å². The number of aromatic hydroxyl groups is 1. The Balaban J connectivity index is 2.18. The number of sulfonamides is 1. The van der Waals surface area contributed by atoms with Gasteiger partial charge < -0.3 is 9.84 Å². The third-order valence-electron chi connectivity index (χ3n) is 4.54. The number of benzene rings is 3. The largest absolute Gasteiger partial charge is 0.506 e. The molecule has 8 heteroatoms. The summed E-state index contributed by atoms with van der Waals surface area (Å²) in [5.74, 6) is -2.02. The van der Waals surface area contributed by atoms with Gasteiger partial charge in [-0.05, 0) is 48.7 Å². The van der Waals surface area contributed by atoms with Crippen LogP contribution in [0.4, 0.5) is 10.1 Å². The van der Waals surface area contributed by atoms with Crippen molar-refractivity contribution in [3.8, 4) is 16.9 Å². The number of phenolic OH excluding ortho intramolecular Hbond substituents is 1. The van der Waals surface area contributed by atoms with E-state index in [2.05, 4.69) is 9.46 Å². The number of anilines is 1. The van der Waals surface area contributed by atoms with Crippen molar-refractivity contribution in [3.05, 3.63) is 77.1 Å². The van der Waals surface area contributed by atoms with E-state index in [1.54, 1.807) is 50.2 Å². The minimum Gasteiger partial charge on any atom is -0.506 e. The molecule has 6 nitrogen and oxygen atoms in total. The summed E-state index contributed by atoms with van der Waals surface area (Å²) in [5, 5.41) is 10.3. The molecule has 3 rings (SSSR count). The summed E-state index contributed by atoms with van der Waals surface area (Å²) in [4.78, 5) is 11.8. The molecule has 3 aromatic carbocycles. The molecule has 0 radical (unpaired) electrons. The van der Waals surface area contributed by atoms with Crippen molar-refractivity contribution < 1.29 is 27.4 Å². The second-order valence-corrected chi connectivity index (χ2v) is 8.42. The summed E-state index contributed by atoms with van der Waals surface area (Å²) in [6.45, 7) is 3.27. The molecule has 0 fully saturated rings. The highest BCUT2D eigenvalue weighted by Gasteiger charge is 2.25. The maximum absolute atomic E-state index is 14.7. The van der Waals surface area contributed by atoms with E-state index in [1.807, 2.05) is 0 Å². The Hall–Kier alpha value is -3.39. The molecule has 0 bridgehead atoms. The van der Waals surface area contributed by atoms with Gasteiger partial charge in [-0.25, -0.2) is 17.6 Å². The summed E-state index contributed by atoms with van der Waals surface area (Å²) in [6.07, 6.45) is 0. The number of ether oxygens (including phenoxy) is 1. The number of nitrogens with one attached hydrogen (secondary N) is 1. The number of methoxy groups -OCH3 is 1. The van der Waals surface area contributed by atoms with Crippen LogP contribution in [0.3, 0.4) is 0 Å². The molecule has 2 N–H and O–H groups in total. The molecular weight excluding hydrogens is 409 g/mol. The van der Waals surface area contributed by atoms with E-state index in [-0.39, 0.29) is 21.7 Å². The van der Waals surface area contributed by atoms with E-state index >= 15 is 0 Å². The molecule has 30 heavy (non-hydrogen) atoms. The summed E-state index contributed by atoms with van der Waals surface area (Å²) in [5.41, 5.74) is 1.16. The van der Waals surface area contributed by atoms with Gasteiger partial charge in [-0.3, -0.25) is 4.72 Å². The molecule has 0 unspecified atom stereocenters. The molecule has 0 saturated carbocycles. The molecular formula is C22H20FNO5S. The van der Waals surface area contributed by atoms with Crippen molar-refractivity contribution in [3.63, 3.8) is 0 Å². The number of esters is 1. The first-order chi connectivity index (χ1) is 14.1. The summed E-state index contributed by atoms with van der Waals surface area (Å²) in [6, 6.07) is 13.6. The Morgan fingerprint density at radius 3 is 2.37 bits per heavy atom. The number of rotatable bonds is 5. The highest BCUT2D eigenvalue weighted by atomic mass is 32.2. The van der Waals surface area contributed by atoms with Gasteiger partial charge in [-0.2, -0.15) is 0 Å². The predicted molar refractivity (Wildman–Crippen MR) is 112 cm³/mol. The van der Waals surface area contributed by atoms with Crippen LogP contribution in [0.1, 0.15) is 21.5 Å². The van der Waals surface area contributed by atoms with Gasteiger partial charge in [0.05, 0.1) is 18.4 Å². The highest BCUT2D eigenvalue weighted by Crippen LogP contribution is 2.33. The van der Waals surface area contributed by atoms with Crippen LogP contribution >= 0.6 is 0 Å². The second kappa shape index (κ2) is 8.16. The Bertz CT molecular complexity index is 1220. The quantitative estimate of drug-likeness (QED) is 0.587. The van der Waals surface area contributed by atoms with Crippen molar-refractivity contribution in [2.75, 3.05) is 11.8 Å². The third kappa shape index (κ3) is 4.13. The van der Waals surface area contributed by atoms with Crippen molar-refractivity contribution in [1.82, 2.24) is 0 Å². The van der Waals surface area contributed by atoms with Gasteiger partial charge >= 0.3 is 5.97 Å². The van der Waals surface area contributed by atoms with Gasteiger partial charge in [0.1, 0.15) is 16.5 Å². The lowest BCUT2D eigenvalue weighted by Crippen LogP contribution is -2.17. The number of phenols is 1. The van der Waals surface area contributed by atoms with Crippen LogP contribution in [0.5, 0.6) is 5.75 Å². The highest BCUT2D eigenvalue weighted by molar-refractivity contribution is 7.92. The van der Waals surface area contributed by atoms with Crippen LogP contribution in [0, 0.1) is 19.7 Å². The molecule has 0 amide bonds. The SMILES string of the molecule is COC(=O)c1cc(F)c(-c2ccccc2)cc1NS(=O)(=O)c1cc(C)cc(C)c1O. The van der Waals surface area contributed by atoms with Crippen LogP contribution in [0.25, 0.3) is 11.1 Å². The van der Waals surface area contributed by atoms with Crippen molar-refractivity contribution in [2.24, 2.45) is 0 Å². The maximum Gasteiger partial charge on any atom is 0.340 e. The smallest absolute Gasteiger partial charge is 0.340 e. The Morgan fingerprint density at radius 2 is 1.73 bits per heavy atom. The predicted octanol–water partition coefficient (Wildman–Crippen LogP) is 4.40. The number of halogens is 1. The Kier molecular flexibility index (Phi) is 5.80. The van der Waals surface area contributed by atoms with Crippen molar-refractivity contribution >= 4 is 21.7 Å². The fourth-order valence-corrected chi connectivity index (χ4v) is 4.43. The second-order valence-electron chi connectivity index (χ2n) is 6.77. The van der Waals surface area contributed by atoms with Crippen LogP contribution in [-0.4, -0.2) is 26.6 Å². The zero-order chi connectivity index (χ0) is 22.1. The van der Waals surface area contributed by atoms with Gasteiger partial charge in [0.25, 0.3) is 10.0 Å². The minimum absolute atomic E-state index is 0.102. The molecule has 3 aromatic rings. The lowest BCUT2D eigenvalue weighted by Gasteiger charge is -2.16. The fourth-order valence-electron chi connectivity index (χ4n) is 3.10. The van der Waals surface area contributed by atoms with Crippen molar-refractivity contribution in [1.29, 1.82) is 0 Å². The molecule has 0 spiro atoms. The molecule has 0 aliphatic rings. The van der Waals surface area contributed by atoms with Crippen LogP contribution < -0.4 is 4.72 Å². The molecule has 0 atom stereocenters. The van der Waals surface area contributed by atoms with Gasteiger partial charge in [-0.15, -0.1) is 0 Å². The van der Waals surface area contributed by atoms with Gasteiger partial charge in [0, 0.05) is 5.56 Å². The number of aryl methyl sites for hydroxylation is 2. The van der Waals surface area contributed by atoms with E-state index < -0.39 is 27.6 Å². The fraction of sp³-hybridized carbons (Fsp3) is 0.136. The number of hydrogen-bond acceptors (Lipinski definition) is 5. The van der Waals surface area contributed by atoms with Crippen LogP contribution in [-0.2, 0) is 14.8 Å². The number of hydrogen-bond donors (Lipinski definition) is 2. The average molecular weight is 429 g/mol. The summed E-state index contributed by atoms with van der Waals surface area (Å²) >= 11 is 0. The number of carbonyl (C=O) groups excluding carboxylic acids is 1. The average Bonchev–Trinajstić information content (AvgIpc) is 2.71. The zero-order valence-electron chi connectivity index (χ0n) is 16.6. The molecule has 0 saturated heterocycles. The van der Waals surface area contributed by atoms with Crippen LogP contribution in [0.15, 0.2) is 59.5 Å². The summed E-state index contributed by atoms with van der Waals surface area (Å²) < 4.78 is 47.7. The molecule has 0 aliphatic heterocycles. The first kappa shape index (κ1) is 21.3. The lowest BCUT2D eigenvalue weighted by atomic mass is 10.0. The van der Waals surface area contributed by atoms with E-state index in [1.165, 1.54) is 12.1 Å². The zero-order valence-corrected chi connectivity index (χ0v) is 17.4. The molecule has 0 aromatic heterocycles. The standard InChI is InChI=1S/C22H20FNO5S/c1-13-9-14(2)21(25)20(10-13)30(27,28)24-19-12-16(15-7-5-4-6-8-15)18(23)11-17(19)22(26)29-3/h4-12,24-25H,1-3H3. The topological polar surface area (TPSA) is 92.7 Å². The molecule has 0 heterocycles. The van der Waals surface area contributed by atoms with Crippen molar-refractivity contribution in [2.45, 2.75) is 18.7 Å². The number of carbonyl (C=O) groups is 1. The first-order valence-electron chi connectivity index (χ1n) is 8.94. The third-order valence-corrected chi connectivity index (χ3v) is 5.92. The van der Waals surface area contributed by atoms with Crippen LogP contribution in [0.2, 0.25) is 0 Å². The lowest BCUT2D eigenvalue weighted by molar-refractivity contribution is 0.0601. The molecule has 0 aliphatic carbocycles. The monoisotopic (exact) mass is 429 g/mol. The minimum atomic E-state index is -4.30. The Morgan fingerprint density at radius 1 is 1.07 bits per heavy atom. The first-order valence-corrected chi connectivity index (χ1v) is 10.4.